The Bertz CT molecular complexity index is 211. The van der Waals surface area contributed by atoms with Crippen molar-refractivity contribution in [2.45, 2.75) is 51.1 Å². The van der Waals surface area contributed by atoms with Crippen molar-refractivity contribution >= 4 is 6.03 Å². The average Bonchev–Trinajstić information content (AvgIpc) is 2.54. The van der Waals surface area contributed by atoms with Crippen LogP contribution in [-0.4, -0.2) is 31.3 Å². The van der Waals surface area contributed by atoms with E-state index < -0.39 is 0 Å². The van der Waals surface area contributed by atoms with Gasteiger partial charge in [0.2, 0.25) is 0 Å². The average molecular weight is 214 g/mol. The maximum Gasteiger partial charge on any atom is 0.315 e. The smallest absolute Gasteiger partial charge is 0.315 e. The molecule has 0 heterocycles. The maximum absolute atomic E-state index is 11.6. The number of methoxy groups -OCH3 is 1. The molecule has 1 fully saturated rings. The van der Waals surface area contributed by atoms with Gasteiger partial charge in [0.15, 0.2) is 0 Å². The molecule has 2 N–H and O–H groups in total. The van der Waals surface area contributed by atoms with Crippen molar-refractivity contribution in [2.75, 3.05) is 13.7 Å². The highest BCUT2D eigenvalue weighted by Crippen LogP contribution is 2.17. The molecule has 4 heteroatoms. The van der Waals surface area contributed by atoms with Crippen LogP contribution in [0, 0.1) is 0 Å². The van der Waals surface area contributed by atoms with E-state index in [2.05, 4.69) is 10.6 Å². The summed E-state index contributed by atoms with van der Waals surface area (Å²) in [5.41, 5.74) is -0.308. The highest BCUT2D eigenvalue weighted by Gasteiger charge is 2.22. The Morgan fingerprint density at radius 2 is 2.00 bits per heavy atom. The van der Waals surface area contributed by atoms with Gasteiger partial charge in [-0.15, -0.1) is 0 Å². The lowest BCUT2D eigenvalue weighted by Gasteiger charge is -2.26. The standard InChI is InChI=1S/C11H22N2O2/c1-11(2,8-15-3)13-10(14)12-9-6-4-5-7-9/h9H,4-8H2,1-3H3,(H2,12,13,14). The summed E-state index contributed by atoms with van der Waals surface area (Å²) < 4.78 is 5.03. The summed E-state index contributed by atoms with van der Waals surface area (Å²) >= 11 is 0. The second-order valence-electron chi connectivity index (χ2n) is 4.90. The van der Waals surface area contributed by atoms with Crippen LogP contribution in [0.1, 0.15) is 39.5 Å². The summed E-state index contributed by atoms with van der Waals surface area (Å²) in [6.07, 6.45) is 4.68. The Labute approximate surface area is 91.8 Å². The zero-order chi connectivity index (χ0) is 11.3. The van der Waals surface area contributed by atoms with E-state index in [0.29, 0.717) is 12.6 Å². The van der Waals surface area contributed by atoms with E-state index in [1.165, 1.54) is 12.8 Å². The van der Waals surface area contributed by atoms with Crippen LogP contribution in [-0.2, 0) is 4.74 Å². The zero-order valence-corrected chi connectivity index (χ0v) is 9.93. The van der Waals surface area contributed by atoms with Crippen molar-refractivity contribution in [3.05, 3.63) is 0 Å². The molecule has 0 aromatic rings. The molecule has 0 aliphatic heterocycles. The summed E-state index contributed by atoms with van der Waals surface area (Å²) in [6.45, 7) is 4.42. The molecular weight excluding hydrogens is 192 g/mol. The Hall–Kier alpha value is -0.770. The fourth-order valence-electron chi connectivity index (χ4n) is 2.00. The second-order valence-corrected chi connectivity index (χ2v) is 4.90. The molecule has 0 aromatic heterocycles. The largest absolute Gasteiger partial charge is 0.382 e. The first kappa shape index (κ1) is 12.3. The van der Waals surface area contributed by atoms with E-state index >= 15 is 0 Å². The predicted molar refractivity (Wildman–Crippen MR) is 59.9 cm³/mol. The molecule has 1 aliphatic carbocycles. The highest BCUT2D eigenvalue weighted by atomic mass is 16.5. The van der Waals surface area contributed by atoms with E-state index in [0.717, 1.165) is 12.8 Å². The number of carbonyl (C=O) groups is 1. The summed E-state index contributed by atoms with van der Waals surface area (Å²) in [6, 6.07) is 0.285. The van der Waals surface area contributed by atoms with Gasteiger partial charge in [0.05, 0.1) is 12.1 Å². The molecule has 1 saturated carbocycles. The molecule has 1 aliphatic rings. The van der Waals surface area contributed by atoms with Crippen LogP contribution < -0.4 is 10.6 Å². The highest BCUT2D eigenvalue weighted by molar-refractivity contribution is 5.75. The monoisotopic (exact) mass is 214 g/mol. The van der Waals surface area contributed by atoms with Crippen LogP contribution in [0.15, 0.2) is 0 Å². The fraction of sp³-hybridized carbons (Fsp3) is 0.909. The molecule has 0 unspecified atom stereocenters. The second kappa shape index (κ2) is 5.35. The molecule has 0 radical (unpaired) electrons. The minimum atomic E-state index is -0.308. The van der Waals surface area contributed by atoms with Crippen LogP contribution in [0.2, 0.25) is 0 Å². The number of hydrogen-bond acceptors (Lipinski definition) is 2. The molecule has 0 spiro atoms. The maximum atomic E-state index is 11.6. The van der Waals surface area contributed by atoms with Gasteiger partial charge in [-0.3, -0.25) is 0 Å². The molecule has 2 amide bonds. The number of ether oxygens (including phenoxy) is 1. The molecule has 88 valence electrons. The predicted octanol–water partition coefficient (Wildman–Crippen LogP) is 1.65. The van der Waals surface area contributed by atoms with E-state index in [1.54, 1.807) is 7.11 Å². The first-order valence-corrected chi connectivity index (χ1v) is 5.61. The van der Waals surface area contributed by atoms with Gasteiger partial charge in [-0.1, -0.05) is 12.8 Å². The van der Waals surface area contributed by atoms with Gasteiger partial charge in [-0.25, -0.2) is 4.79 Å². The van der Waals surface area contributed by atoms with Crippen molar-refractivity contribution in [1.29, 1.82) is 0 Å². The van der Waals surface area contributed by atoms with Gasteiger partial charge < -0.3 is 15.4 Å². The molecule has 4 nitrogen and oxygen atoms in total. The van der Waals surface area contributed by atoms with Crippen LogP contribution in [0.25, 0.3) is 0 Å². The molecule has 0 saturated heterocycles. The van der Waals surface area contributed by atoms with Crippen molar-refractivity contribution in [2.24, 2.45) is 0 Å². The Kier molecular flexibility index (Phi) is 4.39. The van der Waals surface area contributed by atoms with Crippen LogP contribution in [0.4, 0.5) is 4.79 Å². The summed E-state index contributed by atoms with van der Waals surface area (Å²) in [7, 11) is 1.64. The van der Waals surface area contributed by atoms with Gasteiger partial charge in [0.25, 0.3) is 0 Å². The van der Waals surface area contributed by atoms with Crippen molar-refractivity contribution in [3.63, 3.8) is 0 Å². The topological polar surface area (TPSA) is 50.4 Å². The zero-order valence-electron chi connectivity index (χ0n) is 9.93. The van der Waals surface area contributed by atoms with E-state index in [-0.39, 0.29) is 11.6 Å². The quantitative estimate of drug-likeness (QED) is 0.747. The minimum absolute atomic E-state index is 0.0797. The van der Waals surface area contributed by atoms with Crippen molar-refractivity contribution < 1.29 is 9.53 Å². The molecule has 15 heavy (non-hydrogen) atoms. The van der Waals surface area contributed by atoms with E-state index in [9.17, 15) is 4.79 Å². The number of hydrogen-bond donors (Lipinski definition) is 2. The number of rotatable bonds is 4. The summed E-state index contributed by atoms with van der Waals surface area (Å²) in [5, 5.41) is 5.90. The van der Waals surface area contributed by atoms with Gasteiger partial charge >= 0.3 is 6.03 Å². The third-order valence-electron chi connectivity index (χ3n) is 2.65. The molecule has 1 rings (SSSR count). The Balaban J connectivity index is 2.27. The van der Waals surface area contributed by atoms with Crippen LogP contribution in [0.5, 0.6) is 0 Å². The van der Waals surface area contributed by atoms with E-state index in [1.807, 2.05) is 13.8 Å². The number of amides is 2. The lowest BCUT2D eigenvalue weighted by atomic mass is 10.1. The SMILES string of the molecule is COCC(C)(C)NC(=O)NC1CCCC1. The lowest BCUT2D eigenvalue weighted by Crippen LogP contribution is -2.52. The number of carbonyl (C=O) groups excluding carboxylic acids is 1. The lowest BCUT2D eigenvalue weighted by molar-refractivity contribution is 0.130. The van der Waals surface area contributed by atoms with Gasteiger partial charge in [0, 0.05) is 13.2 Å². The summed E-state index contributed by atoms with van der Waals surface area (Å²) in [5.74, 6) is 0. The minimum Gasteiger partial charge on any atom is -0.382 e. The Morgan fingerprint density at radius 3 is 2.53 bits per heavy atom. The normalized spacial score (nSPS) is 17.8. The number of urea groups is 1. The molecular formula is C11H22N2O2. The van der Waals surface area contributed by atoms with Gasteiger partial charge in [0.1, 0.15) is 0 Å². The molecule has 0 atom stereocenters. The van der Waals surface area contributed by atoms with Crippen LogP contribution >= 0.6 is 0 Å². The van der Waals surface area contributed by atoms with Crippen molar-refractivity contribution in [3.8, 4) is 0 Å². The molecule has 0 bridgehead atoms. The fourth-order valence-corrected chi connectivity index (χ4v) is 2.00. The Morgan fingerprint density at radius 1 is 1.40 bits per heavy atom. The van der Waals surface area contributed by atoms with E-state index in [4.69, 9.17) is 4.74 Å². The van der Waals surface area contributed by atoms with Gasteiger partial charge in [-0.05, 0) is 26.7 Å². The summed E-state index contributed by atoms with van der Waals surface area (Å²) in [4.78, 5) is 11.6. The number of nitrogens with one attached hydrogen (secondary N) is 2. The third kappa shape index (κ3) is 4.51. The first-order chi connectivity index (χ1) is 7.03. The third-order valence-corrected chi connectivity index (χ3v) is 2.65. The molecule has 0 aromatic carbocycles. The van der Waals surface area contributed by atoms with Gasteiger partial charge in [-0.2, -0.15) is 0 Å². The van der Waals surface area contributed by atoms with Crippen molar-refractivity contribution in [1.82, 2.24) is 10.6 Å². The first-order valence-electron chi connectivity index (χ1n) is 5.61. The van der Waals surface area contributed by atoms with Crippen LogP contribution in [0.3, 0.4) is 0 Å².